The summed E-state index contributed by atoms with van der Waals surface area (Å²) in [6, 6.07) is 0. The molecule has 0 amide bonds. The zero-order chi connectivity index (χ0) is 11.1. The minimum absolute atomic E-state index is 0.252. The van der Waals surface area contributed by atoms with E-state index in [1.165, 1.54) is 6.92 Å². The van der Waals surface area contributed by atoms with Gasteiger partial charge >= 0.3 is 18.3 Å². The second-order valence-corrected chi connectivity index (χ2v) is 1.50. The fourth-order valence-corrected chi connectivity index (χ4v) is 0.213. The molecule has 0 fully saturated rings. The number of hydrogen-bond donors (Lipinski definition) is 2. The molecule has 5 nitrogen and oxygen atoms in total. The standard InChI is InChI=1S/C4H5F3O2.CH2O3/c1-2-9-3(8)4(5,6)7;2-1(3)4/h2H2,1H3;(H2,2,3,4). The zero-order valence-corrected chi connectivity index (χ0v) is 6.46. The Morgan fingerprint density at radius 2 is 1.62 bits per heavy atom. The van der Waals surface area contributed by atoms with Crippen LogP contribution in [0.4, 0.5) is 18.0 Å². The van der Waals surface area contributed by atoms with Crippen LogP contribution in [0, 0.1) is 0 Å². The fourth-order valence-electron chi connectivity index (χ4n) is 0.213. The molecule has 78 valence electrons. The summed E-state index contributed by atoms with van der Waals surface area (Å²) >= 11 is 0. The number of alkyl halides is 3. The van der Waals surface area contributed by atoms with Gasteiger partial charge < -0.3 is 14.9 Å². The maximum absolute atomic E-state index is 11.2. The van der Waals surface area contributed by atoms with Gasteiger partial charge in [-0.2, -0.15) is 13.2 Å². The van der Waals surface area contributed by atoms with Gasteiger partial charge in [0.15, 0.2) is 0 Å². The van der Waals surface area contributed by atoms with Gasteiger partial charge in [-0.15, -0.1) is 0 Å². The number of halogens is 3. The van der Waals surface area contributed by atoms with Gasteiger partial charge in [-0.05, 0) is 6.92 Å². The second kappa shape index (κ2) is 6.09. The van der Waals surface area contributed by atoms with Crippen LogP contribution in [-0.2, 0) is 9.53 Å². The van der Waals surface area contributed by atoms with Crippen molar-refractivity contribution in [2.45, 2.75) is 13.1 Å². The molecule has 0 saturated heterocycles. The molecule has 0 radical (unpaired) electrons. The first-order valence-electron chi connectivity index (χ1n) is 2.87. The van der Waals surface area contributed by atoms with Crippen molar-refractivity contribution in [1.29, 1.82) is 0 Å². The Morgan fingerprint density at radius 3 is 1.69 bits per heavy atom. The van der Waals surface area contributed by atoms with Crippen LogP contribution in [0.1, 0.15) is 6.92 Å². The highest BCUT2D eigenvalue weighted by Crippen LogP contribution is 2.15. The SMILES string of the molecule is CCOC(=O)C(F)(F)F.O=C(O)O. The maximum Gasteiger partial charge on any atom is 0.503 e. The van der Waals surface area contributed by atoms with Crippen molar-refractivity contribution < 1.29 is 37.7 Å². The van der Waals surface area contributed by atoms with E-state index < -0.39 is 18.3 Å². The van der Waals surface area contributed by atoms with Crippen LogP contribution in [0.5, 0.6) is 0 Å². The van der Waals surface area contributed by atoms with Gasteiger partial charge in [-0.1, -0.05) is 0 Å². The first-order valence-corrected chi connectivity index (χ1v) is 2.87. The Bertz CT molecular complexity index is 171. The van der Waals surface area contributed by atoms with Crippen molar-refractivity contribution in [2.75, 3.05) is 6.61 Å². The molecule has 0 bridgehead atoms. The largest absolute Gasteiger partial charge is 0.503 e. The van der Waals surface area contributed by atoms with E-state index in [9.17, 15) is 18.0 Å². The quantitative estimate of drug-likeness (QED) is 0.629. The number of carbonyl (C=O) groups excluding carboxylic acids is 1. The lowest BCUT2D eigenvalue weighted by Gasteiger charge is -2.02. The van der Waals surface area contributed by atoms with E-state index >= 15 is 0 Å². The molecule has 0 unspecified atom stereocenters. The van der Waals surface area contributed by atoms with Crippen molar-refractivity contribution in [3.63, 3.8) is 0 Å². The van der Waals surface area contributed by atoms with E-state index in [2.05, 4.69) is 4.74 Å². The lowest BCUT2D eigenvalue weighted by Crippen LogP contribution is -2.25. The smallest absolute Gasteiger partial charge is 0.459 e. The van der Waals surface area contributed by atoms with Crippen molar-refractivity contribution >= 4 is 12.1 Å². The van der Waals surface area contributed by atoms with E-state index in [0.717, 1.165) is 0 Å². The van der Waals surface area contributed by atoms with Gasteiger partial charge in [0.2, 0.25) is 0 Å². The van der Waals surface area contributed by atoms with Crippen LogP contribution in [0.25, 0.3) is 0 Å². The topological polar surface area (TPSA) is 83.8 Å². The summed E-state index contributed by atoms with van der Waals surface area (Å²) < 4.78 is 37.1. The highest BCUT2D eigenvalue weighted by atomic mass is 19.4. The van der Waals surface area contributed by atoms with E-state index in [-0.39, 0.29) is 6.61 Å². The van der Waals surface area contributed by atoms with Gasteiger partial charge in [-0.25, -0.2) is 9.59 Å². The number of hydrogen-bond acceptors (Lipinski definition) is 3. The third kappa shape index (κ3) is 13.5. The van der Waals surface area contributed by atoms with Gasteiger partial charge in [-0.3, -0.25) is 0 Å². The fraction of sp³-hybridized carbons (Fsp3) is 0.600. The first-order chi connectivity index (χ1) is 5.71. The zero-order valence-electron chi connectivity index (χ0n) is 6.46. The number of esters is 1. The molecule has 0 aromatic rings. The number of carbonyl (C=O) groups is 2. The summed E-state index contributed by atoms with van der Waals surface area (Å²) in [5, 5.41) is 13.9. The maximum atomic E-state index is 11.2. The minimum atomic E-state index is -4.85. The van der Waals surface area contributed by atoms with E-state index in [4.69, 9.17) is 15.0 Å². The van der Waals surface area contributed by atoms with Crippen molar-refractivity contribution in [3.8, 4) is 0 Å². The molecule has 0 aromatic carbocycles. The molecule has 0 aliphatic rings. The predicted molar refractivity (Wildman–Crippen MR) is 33.3 cm³/mol. The number of carboxylic acid groups (broad SMARTS) is 2. The van der Waals surface area contributed by atoms with Crippen LogP contribution >= 0.6 is 0 Å². The Morgan fingerprint density at radius 1 is 1.31 bits per heavy atom. The predicted octanol–water partition coefficient (Wildman–Crippen LogP) is 1.33. The minimum Gasteiger partial charge on any atom is -0.459 e. The molecular formula is C5H7F3O5. The first kappa shape index (κ1) is 14.1. The Labute approximate surface area is 70.7 Å². The third-order valence-electron chi connectivity index (χ3n) is 0.507. The van der Waals surface area contributed by atoms with Crippen LogP contribution in [-0.4, -0.2) is 35.1 Å². The van der Waals surface area contributed by atoms with Gasteiger partial charge in [0, 0.05) is 0 Å². The van der Waals surface area contributed by atoms with Gasteiger partial charge in [0.05, 0.1) is 6.61 Å². The molecule has 0 aliphatic carbocycles. The summed E-state index contributed by atoms with van der Waals surface area (Å²) in [5.41, 5.74) is 0. The average Bonchev–Trinajstić information content (AvgIpc) is 1.84. The molecule has 0 heterocycles. The highest BCUT2D eigenvalue weighted by Gasteiger charge is 2.40. The lowest BCUT2D eigenvalue weighted by molar-refractivity contribution is -0.199. The number of ether oxygens (including phenoxy) is 1. The summed E-state index contributed by atoms with van der Waals surface area (Å²) in [4.78, 5) is 18.3. The van der Waals surface area contributed by atoms with Gasteiger partial charge in [0.25, 0.3) is 0 Å². The van der Waals surface area contributed by atoms with Crippen molar-refractivity contribution in [3.05, 3.63) is 0 Å². The Hall–Kier alpha value is -1.47. The molecule has 13 heavy (non-hydrogen) atoms. The van der Waals surface area contributed by atoms with E-state index in [1.807, 2.05) is 0 Å². The lowest BCUT2D eigenvalue weighted by atomic mass is 10.7. The molecule has 0 spiro atoms. The molecule has 2 N–H and O–H groups in total. The Balaban J connectivity index is 0. The monoisotopic (exact) mass is 204 g/mol. The van der Waals surface area contributed by atoms with E-state index in [0.29, 0.717) is 0 Å². The number of rotatable bonds is 1. The normalized spacial score (nSPS) is 9.54. The molecule has 0 aromatic heterocycles. The molecule has 8 heteroatoms. The van der Waals surface area contributed by atoms with Crippen molar-refractivity contribution in [1.82, 2.24) is 0 Å². The summed E-state index contributed by atoms with van der Waals surface area (Å²) in [5.74, 6) is -2.13. The Kier molecular flexibility index (Phi) is 6.60. The average molecular weight is 204 g/mol. The van der Waals surface area contributed by atoms with Crippen LogP contribution in [0.2, 0.25) is 0 Å². The van der Waals surface area contributed by atoms with Crippen LogP contribution < -0.4 is 0 Å². The van der Waals surface area contributed by atoms with Crippen LogP contribution in [0.3, 0.4) is 0 Å². The molecular weight excluding hydrogens is 197 g/mol. The summed E-state index contributed by atoms with van der Waals surface area (Å²) in [7, 11) is 0. The van der Waals surface area contributed by atoms with Crippen LogP contribution in [0.15, 0.2) is 0 Å². The molecule has 0 rings (SSSR count). The highest BCUT2D eigenvalue weighted by molar-refractivity contribution is 5.75. The second-order valence-electron chi connectivity index (χ2n) is 1.50. The summed E-state index contributed by atoms with van der Waals surface area (Å²) in [6.45, 7) is 1.06. The van der Waals surface area contributed by atoms with E-state index in [1.54, 1.807) is 0 Å². The third-order valence-corrected chi connectivity index (χ3v) is 0.507. The summed E-state index contributed by atoms with van der Waals surface area (Å²) in [6.07, 6.45) is -6.68. The van der Waals surface area contributed by atoms with Crippen molar-refractivity contribution in [2.24, 2.45) is 0 Å². The molecule has 0 atom stereocenters. The molecule has 0 saturated carbocycles. The van der Waals surface area contributed by atoms with Gasteiger partial charge in [0.1, 0.15) is 0 Å². The molecule has 0 aliphatic heterocycles.